The number of benzene rings is 6. The highest BCUT2D eigenvalue weighted by atomic mass is 14.2. The Morgan fingerprint density at radius 1 is 0.447 bits per heavy atom. The van der Waals surface area contributed by atoms with E-state index in [0.29, 0.717) is 0 Å². The van der Waals surface area contributed by atoms with Crippen molar-refractivity contribution in [2.45, 2.75) is 12.8 Å². The van der Waals surface area contributed by atoms with Gasteiger partial charge in [-0.3, -0.25) is 0 Å². The summed E-state index contributed by atoms with van der Waals surface area (Å²) in [7, 11) is 0. The Morgan fingerprint density at radius 3 is 2.03 bits per heavy atom. The van der Waals surface area contributed by atoms with E-state index < -0.39 is 0 Å². The smallest absolute Gasteiger partial charge is 0.00108 e. The molecule has 0 aliphatic heterocycles. The first-order chi connectivity index (χ1) is 18.8. The summed E-state index contributed by atoms with van der Waals surface area (Å²) in [5, 5.41) is 10.5. The van der Waals surface area contributed by atoms with Crippen LogP contribution in [0, 0.1) is 0 Å². The summed E-state index contributed by atoms with van der Waals surface area (Å²) in [6, 6.07) is 38.3. The fourth-order valence-corrected chi connectivity index (χ4v) is 6.29. The van der Waals surface area contributed by atoms with Crippen LogP contribution in [0.1, 0.15) is 16.7 Å². The standard InChI is InChI=1S/C38H26/c1-3-7-35-26(5-1)11-13-28-15-19-32(23-37(28)35)30-17-9-25-10-18-31(22-34(25)21-30)33-20-16-29-14-12-27-6-2-4-8-36(27)38(29)24-33/h1-7,9-23H,8,24H2. The number of hydrogen-bond donors (Lipinski definition) is 0. The van der Waals surface area contributed by atoms with E-state index in [2.05, 4.69) is 134 Å². The molecule has 0 bridgehead atoms. The van der Waals surface area contributed by atoms with Crippen LogP contribution in [0.2, 0.25) is 0 Å². The molecular formula is C38H26. The lowest BCUT2D eigenvalue weighted by atomic mass is 9.86. The van der Waals surface area contributed by atoms with Gasteiger partial charge in [0.1, 0.15) is 0 Å². The highest BCUT2D eigenvalue weighted by Gasteiger charge is 2.14. The van der Waals surface area contributed by atoms with Crippen molar-refractivity contribution in [2.24, 2.45) is 0 Å². The fraction of sp³-hybridized carbons (Fsp3) is 0.0526. The predicted molar refractivity (Wildman–Crippen MR) is 164 cm³/mol. The lowest BCUT2D eigenvalue weighted by Gasteiger charge is -2.18. The van der Waals surface area contributed by atoms with Gasteiger partial charge < -0.3 is 0 Å². The quantitative estimate of drug-likeness (QED) is 0.219. The van der Waals surface area contributed by atoms with Crippen molar-refractivity contribution in [3.63, 3.8) is 0 Å². The van der Waals surface area contributed by atoms with Gasteiger partial charge in [0.2, 0.25) is 0 Å². The minimum absolute atomic E-state index is 0.986. The molecule has 0 nitrogen and oxygen atoms in total. The van der Waals surface area contributed by atoms with E-state index >= 15 is 0 Å². The Morgan fingerprint density at radius 2 is 1.13 bits per heavy atom. The van der Waals surface area contributed by atoms with E-state index in [1.54, 1.807) is 0 Å². The molecule has 0 unspecified atom stereocenters. The first-order valence-corrected chi connectivity index (χ1v) is 13.4. The van der Waals surface area contributed by atoms with Gasteiger partial charge in [0, 0.05) is 0 Å². The zero-order valence-electron chi connectivity index (χ0n) is 21.1. The Labute approximate surface area is 222 Å². The molecule has 178 valence electrons. The van der Waals surface area contributed by atoms with E-state index in [1.807, 2.05) is 0 Å². The average molecular weight is 483 g/mol. The maximum absolute atomic E-state index is 2.38. The van der Waals surface area contributed by atoms with E-state index in [9.17, 15) is 0 Å². The van der Waals surface area contributed by atoms with Crippen molar-refractivity contribution < 1.29 is 0 Å². The number of allylic oxidation sites excluding steroid dienone is 4. The maximum Gasteiger partial charge on any atom is -0.00108 e. The highest BCUT2D eigenvalue weighted by molar-refractivity contribution is 6.08. The maximum atomic E-state index is 2.38. The molecule has 0 fully saturated rings. The predicted octanol–water partition coefficient (Wildman–Crippen LogP) is 8.13. The molecule has 0 amide bonds. The van der Waals surface area contributed by atoms with Crippen molar-refractivity contribution in [3.05, 3.63) is 148 Å². The van der Waals surface area contributed by atoms with Crippen LogP contribution >= 0.6 is 0 Å². The van der Waals surface area contributed by atoms with Crippen LogP contribution in [0.15, 0.2) is 121 Å². The molecule has 0 N–H and O–H groups in total. The fourth-order valence-electron chi connectivity index (χ4n) is 6.29. The third kappa shape index (κ3) is 3.45. The monoisotopic (exact) mass is 482 g/mol. The Balaban J connectivity index is 1.21. The highest BCUT2D eigenvalue weighted by Crippen LogP contribution is 2.33. The summed E-state index contributed by atoms with van der Waals surface area (Å²) in [5.74, 6) is 0. The number of hydrogen-bond acceptors (Lipinski definition) is 0. The van der Waals surface area contributed by atoms with Gasteiger partial charge in [-0.05, 0) is 107 Å². The van der Waals surface area contributed by atoms with Gasteiger partial charge in [-0.25, -0.2) is 0 Å². The van der Waals surface area contributed by atoms with Crippen LogP contribution in [0.3, 0.4) is 0 Å². The molecule has 0 heterocycles. The molecule has 2 aliphatic rings. The van der Waals surface area contributed by atoms with E-state index in [-0.39, 0.29) is 0 Å². The largest absolute Gasteiger partial charge is 0.0801 e. The number of fused-ring (bicyclic) bond motifs is 7. The summed E-state index contributed by atoms with van der Waals surface area (Å²) < 4.78 is 0. The lowest BCUT2D eigenvalue weighted by molar-refractivity contribution is 1.11. The van der Waals surface area contributed by atoms with Crippen molar-refractivity contribution in [3.8, 4) is 11.1 Å². The van der Waals surface area contributed by atoms with Gasteiger partial charge in [-0.2, -0.15) is 0 Å². The molecule has 0 radical (unpaired) electrons. The Hall–Kier alpha value is -4.68. The van der Waals surface area contributed by atoms with E-state index in [0.717, 1.165) is 12.8 Å². The van der Waals surface area contributed by atoms with E-state index in [4.69, 9.17) is 0 Å². The van der Waals surface area contributed by atoms with Gasteiger partial charge in [0.05, 0.1) is 0 Å². The van der Waals surface area contributed by atoms with Gasteiger partial charge in [0.25, 0.3) is 0 Å². The SMILES string of the molecule is C1=CCc2c3c(ccc2=C1)=CC=C(c1ccc2ccc(-c4ccc5ccc6ccccc6c5c4)cc2c1)C3. The van der Waals surface area contributed by atoms with Crippen molar-refractivity contribution in [1.29, 1.82) is 0 Å². The summed E-state index contributed by atoms with van der Waals surface area (Å²) >= 11 is 0. The number of rotatable bonds is 2. The summed E-state index contributed by atoms with van der Waals surface area (Å²) in [6.45, 7) is 0. The average Bonchev–Trinajstić information content (AvgIpc) is 3.00. The second-order valence-electron chi connectivity index (χ2n) is 10.5. The third-order valence-electron chi connectivity index (χ3n) is 8.36. The molecule has 0 saturated heterocycles. The van der Waals surface area contributed by atoms with Gasteiger partial charge >= 0.3 is 0 Å². The van der Waals surface area contributed by atoms with Crippen LogP contribution in [0.4, 0.5) is 0 Å². The molecule has 8 rings (SSSR count). The molecule has 0 spiro atoms. The van der Waals surface area contributed by atoms with Gasteiger partial charge in [-0.15, -0.1) is 0 Å². The molecule has 2 aliphatic carbocycles. The Bertz CT molecular complexity index is 2120. The first-order valence-electron chi connectivity index (χ1n) is 13.4. The first kappa shape index (κ1) is 21.4. The van der Waals surface area contributed by atoms with Crippen LogP contribution in [-0.2, 0) is 12.8 Å². The molecular weight excluding hydrogens is 456 g/mol. The summed E-state index contributed by atoms with van der Waals surface area (Å²) in [4.78, 5) is 0. The molecule has 0 atom stereocenters. The van der Waals surface area contributed by atoms with Crippen LogP contribution in [-0.4, -0.2) is 0 Å². The van der Waals surface area contributed by atoms with Crippen LogP contribution in [0.25, 0.3) is 61.2 Å². The molecule has 0 heteroatoms. The van der Waals surface area contributed by atoms with Crippen molar-refractivity contribution in [1.82, 2.24) is 0 Å². The normalized spacial score (nSPS) is 14.1. The van der Waals surface area contributed by atoms with Gasteiger partial charge in [-0.1, -0.05) is 115 Å². The van der Waals surface area contributed by atoms with E-state index in [1.165, 1.54) is 76.1 Å². The molecule has 0 saturated carbocycles. The molecule has 6 aromatic rings. The van der Waals surface area contributed by atoms with Crippen LogP contribution < -0.4 is 10.4 Å². The minimum atomic E-state index is 0.986. The molecule has 6 aromatic carbocycles. The third-order valence-corrected chi connectivity index (χ3v) is 8.36. The molecule has 0 aromatic heterocycles. The second kappa shape index (κ2) is 8.43. The summed E-state index contributed by atoms with van der Waals surface area (Å²) in [6.07, 6.45) is 13.3. The lowest BCUT2D eigenvalue weighted by Crippen LogP contribution is -2.24. The van der Waals surface area contributed by atoms with Gasteiger partial charge in [0.15, 0.2) is 0 Å². The van der Waals surface area contributed by atoms with Crippen LogP contribution in [0.5, 0.6) is 0 Å². The zero-order chi connectivity index (χ0) is 25.1. The second-order valence-corrected chi connectivity index (χ2v) is 10.5. The van der Waals surface area contributed by atoms with Crippen molar-refractivity contribution in [2.75, 3.05) is 0 Å². The topological polar surface area (TPSA) is 0 Å². The van der Waals surface area contributed by atoms with Crippen molar-refractivity contribution >= 4 is 50.0 Å². The zero-order valence-corrected chi connectivity index (χ0v) is 21.1. The summed E-state index contributed by atoms with van der Waals surface area (Å²) in [5.41, 5.74) is 8.20. The molecule has 38 heavy (non-hydrogen) atoms. The minimum Gasteiger partial charge on any atom is -0.0801 e. The Kier molecular flexibility index (Phi) is 4.75.